The molecular formula is C20H16Cl2O2. The first-order chi connectivity index (χ1) is 11.3. The molecule has 3 aromatic rings. The third-order valence-electron chi connectivity index (χ3n) is 4.97. The molecule has 0 fully saturated rings. The lowest BCUT2D eigenvalue weighted by molar-refractivity contribution is 0.413. The minimum atomic E-state index is -0.250. The van der Waals surface area contributed by atoms with Crippen molar-refractivity contribution in [2.75, 3.05) is 7.11 Å². The monoisotopic (exact) mass is 358 g/mol. The van der Waals surface area contributed by atoms with Gasteiger partial charge in [0.15, 0.2) is 0 Å². The van der Waals surface area contributed by atoms with Gasteiger partial charge >= 0.3 is 0 Å². The van der Waals surface area contributed by atoms with Crippen molar-refractivity contribution in [3.63, 3.8) is 0 Å². The van der Waals surface area contributed by atoms with E-state index in [4.69, 9.17) is 27.9 Å². The molecule has 0 radical (unpaired) electrons. The predicted molar refractivity (Wildman–Crippen MR) is 99.7 cm³/mol. The molecule has 0 spiro atoms. The zero-order valence-electron chi connectivity index (χ0n) is 13.6. The van der Waals surface area contributed by atoms with Gasteiger partial charge in [0.05, 0.1) is 12.1 Å². The molecule has 1 aliphatic carbocycles. The summed E-state index contributed by atoms with van der Waals surface area (Å²) in [6.07, 6.45) is 0. The molecule has 4 rings (SSSR count). The van der Waals surface area contributed by atoms with Crippen LogP contribution in [0.4, 0.5) is 0 Å². The summed E-state index contributed by atoms with van der Waals surface area (Å²) in [6.45, 7) is 4.29. The van der Waals surface area contributed by atoms with Crippen molar-refractivity contribution in [1.82, 2.24) is 0 Å². The van der Waals surface area contributed by atoms with Crippen molar-refractivity contribution in [3.05, 3.63) is 57.6 Å². The van der Waals surface area contributed by atoms with Crippen LogP contribution in [0.5, 0.6) is 11.5 Å². The van der Waals surface area contributed by atoms with Crippen molar-refractivity contribution in [2.45, 2.75) is 19.3 Å². The fourth-order valence-corrected chi connectivity index (χ4v) is 4.36. The van der Waals surface area contributed by atoms with E-state index < -0.39 is 0 Å². The Balaban J connectivity index is 2.19. The molecule has 0 heterocycles. The van der Waals surface area contributed by atoms with Gasteiger partial charge in [0.25, 0.3) is 0 Å². The highest BCUT2D eigenvalue weighted by atomic mass is 35.5. The van der Waals surface area contributed by atoms with Gasteiger partial charge in [-0.2, -0.15) is 0 Å². The first-order valence-corrected chi connectivity index (χ1v) is 8.44. The van der Waals surface area contributed by atoms with Gasteiger partial charge in [0, 0.05) is 15.8 Å². The van der Waals surface area contributed by atoms with Crippen LogP contribution < -0.4 is 4.74 Å². The Bertz CT molecular complexity index is 1010. The number of phenols is 1. The molecule has 0 atom stereocenters. The molecule has 0 bridgehead atoms. The molecule has 24 heavy (non-hydrogen) atoms. The molecular weight excluding hydrogens is 343 g/mol. The molecule has 3 aromatic carbocycles. The Morgan fingerprint density at radius 3 is 2.46 bits per heavy atom. The molecule has 0 aromatic heterocycles. The first-order valence-electron chi connectivity index (χ1n) is 7.68. The molecule has 4 heteroatoms. The third-order valence-corrected chi connectivity index (χ3v) is 5.49. The number of aromatic hydroxyl groups is 1. The molecule has 1 N–H and O–H groups in total. The van der Waals surface area contributed by atoms with Crippen LogP contribution in [0.15, 0.2) is 36.4 Å². The second-order valence-corrected chi connectivity index (χ2v) is 7.51. The van der Waals surface area contributed by atoms with Gasteiger partial charge < -0.3 is 9.84 Å². The lowest BCUT2D eigenvalue weighted by Gasteiger charge is -2.22. The molecule has 0 saturated heterocycles. The summed E-state index contributed by atoms with van der Waals surface area (Å²) in [7, 11) is 1.66. The normalized spacial score (nSPS) is 14.5. The van der Waals surface area contributed by atoms with Crippen molar-refractivity contribution in [2.24, 2.45) is 0 Å². The van der Waals surface area contributed by atoms with Crippen LogP contribution in [0, 0.1) is 0 Å². The lowest BCUT2D eigenvalue weighted by Crippen LogP contribution is -2.15. The molecule has 122 valence electrons. The maximum atomic E-state index is 10.6. The smallest absolute Gasteiger partial charge is 0.125 e. The van der Waals surface area contributed by atoms with E-state index >= 15 is 0 Å². The largest absolute Gasteiger partial charge is 0.507 e. The van der Waals surface area contributed by atoms with E-state index in [1.54, 1.807) is 13.2 Å². The summed E-state index contributed by atoms with van der Waals surface area (Å²) in [5, 5.41) is 13.1. The van der Waals surface area contributed by atoms with Crippen LogP contribution in [0.3, 0.4) is 0 Å². The Morgan fingerprint density at radius 2 is 1.75 bits per heavy atom. The van der Waals surface area contributed by atoms with E-state index in [2.05, 4.69) is 26.0 Å². The standard InChI is InChI=1S/C20H16Cl2O2/c1-20(2)14-8-11(24-3)4-5-12(14)18-13-6-10(21)7-16(22)19(13)17(23)9-15(18)20/h4-9,23H,1-3H3. The van der Waals surface area contributed by atoms with Gasteiger partial charge in [-0.25, -0.2) is 0 Å². The molecule has 0 unspecified atom stereocenters. The second kappa shape index (κ2) is 5.05. The van der Waals surface area contributed by atoms with Crippen molar-refractivity contribution >= 4 is 34.0 Å². The Kier molecular flexibility index (Phi) is 3.28. The average Bonchev–Trinajstić information content (AvgIpc) is 2.74. The Morgan fingerprint density at radius 1 is 1.00 bits per heavy atom. The number of methoxy groups -OCH3 is 1. The van der Waals surface area contributed by atoms with Gasteiger partial charge in [0.2, 0.25) is 0 Å². The van der Waals surface area contributed by atoms with Gasteiger partial charge in [0.1, 0.15) is 11.5 Å². The van der Waals surface area contributed by atoms with Crippen LogP contribution in [0.25, 0.3) is 21.9 Å². The minimum absolute atomic E-state index is 0.179. The van der Waals surface area contributed by atoms with Gasteiger partial charge in [-0.1, -0.05) is 43.1 Å². The number of fused-ring (bicyclic) bond motifs is 5. The second-order valence-electron chi connectivity index (χ2n) is 6.66. The first kappa shape index (κ1) is 15.6. The van der Waals surface area contributed by atoms with Gasteiger partial charge in [-0.05, 0) is 58.0 Å². The summed E-state index contributed by atoms with van der Waals surface area (Å²) >= 11 is 12.6. The number of ether oxygens (including phenoxy) is 1. The summed E-state index contributed by atoms with van der Waals surface area (Å²) < 4.78 is 5.39. The number of halogens is 2. The number of rotatable bonds is 1. The zero-order chi connectivity index (χ0) is 17.2. The molecule has 2 nitrogen and oxygen atoms in total. The third kappa shape index (κ3) is 1.96. The van der Waals surface area contributed by atoms with Crippen LogP contribution >= 0.6 is 23.2 Å². The van der Waals surface area contributed by atoms with Crippen molar-refractivity contribution in [3.8, 4) is 22.6 Å². The van der Waals surface area contributed by atoms with E-state index in [1.165, 1.54) is 5.56 Å². The zero-order valence-corrected chi connectivity index (χ0v) is 15.1. The molecule has 0 amide bonds. The quantitative estimate of drug-likeness (QED) is 0.563. The van der Waals surface area contributed by atoms with Crippen LogP contribution in [0.1, 0.15) is 25.0 Å². The number of benzene rings is 3. The van der Waals surface area contributed by atoms with Crippen LogP contribution in [-0.2, 0) is 5.41 Å². The van der Waals surface area contributed by atoms with Crippen molar-refractivity contribution < 1.29 is 9.84 Å². The molecule has 1 aliphatic rings. The number of hydrogen-bond acceptors (Lipinski definition) is 2. The highest BCUT2D eigenvalue weighted by Crippen LogP contribution is 2.54. The summed E-state index contributed by atoms with van der Waals surface area (Å²) in [6, 6.07) is 11.4. The predicted octanol–water partition coefficient (Wildman–Crippen LogP) is 6.17. The highest BCUT2D eigenvalue weighted by Gasteiger charge is 2.37. The Labute approximate surface area is 150 Å². The summed E-state index contributed by atoms with van der Waals surface area (Å²) in [4.78, 5) is 0. The van der Waals surface area contributed by atoms with Gasteiger partial charge in [-0.15, -0.1) is 0 Å². The summed E-state index contributed by atoms with van der Waals surface area (Å²) in [5.41, 5.74) is 4.18. The highest BCUT2D eigenvalue weighted by molar-refractivity contribution is 6.39. The van der Waals surface area contributed by atoms with Crippen LogP contribution in [0.2, 0.25) is 10.0 Å². The molecule has 0 saturated carbocycles. The maximum absolute atomic E-state index is 10.6. The van der Waals surface area contributed by atoms with E-state index in [1.807, 2.05) is 18.2 Å². The topological polar surface area (TPSA) is 29.5 Å². The van der Waals surface area contributed by atoms with Crippen LogP contribution in [-0.4, -0.2) is 12.2 Å². The average molecular weight is 359 g/mol. The van der Waals surface area contributed by atoms with Crippen molar-refractivity contribution in [1.29, 1.82) is 0 Å². The lowest BCUT2D eigenvalue weighted by atomic mass is 9.82. The number of hydrogen-bond donors (Lipinski definition) is 1. The van der Waals surface area contributed by atoms with E-state index in [9.17, 15) is 5.11 Å². The summed E-state index contributed by atoms with van der Waals surface area (Å²) in [5.74, 6) is 0.998. The SMILES string of the molecule is COc1ccc2c(c1)C(C)(C)c1cc(O)c3c(Cl)cc(Cl)cc3c1-2. The maximum Gasteiger partial charge on any atom is 0.125 e. The number of phenolic OH excluding ortho intramolecular Hbond substituents is 1. The van der Waals surface area contributed by atoms with E-state index in [0.29, 0.717) is 15.4 Å². The fraction of sp³-hybridized carbons (Fsp3) is 0.200. The van der Waals surface area contributed by atoms with E-state index in [0.717, 1.165) is 27.8 Å². The Hall–Kier alpha value is -1.90. The fourth-order valence-electron chi connectivity index (χ4n) is 3.77. The van der Waals surface area contributed by atoms with E-state index in [-0.39, 0.29) is 11.2 Å². The minimum Gasteiger partial charge on any atom is -0.507 e. The molecule has 0 aliphatic heterocycles. The van der Waals surface area contributed by atoms with Gasteiger partial charge in [-0.3, -0.25) is 0 Å².